The quantitative estimate of drug-likeness (QED) is 0.749. The van der Waals surface area contributed by atoms with Crippen LogP contribution in [-0.4, -0.2) is 15.5 Å². The van der Waals surface area contributed by atoms with Crippen molar-refractivity contribution in [2.24, 2.45) is 7.05 Å². The van der Waals surface area contributed by atoms with Crippen LogP contribution in [0.3, 0.4) is 0 Å². The van der Waals surface area contributed by atoms with Crippen LogP contribution < -0.4 is 5.32 Å². The molecule has 5 heteroatoms. The first kappa shape index (κ1) is 10.6. The second kappa shape index (κ2) is 4.03. The summed E-state index contributed by atoms with van der Waals surface area (Å²) in [6, 6.07) is 9.21. The Bertz CT molecular complexity index is 679. The highest BCUT2D eigenvalue weighted by molar-refractivity contribution is 6.03. The van der Waals surface area contributed by atoms with Crippen LogP contribution in [0.1, 0.15) is 10.6 Å². The van der Waals surface area contributed by atoms with Crippen LogP contribution in [0.4, 0.5) is 5.95 Å². The van der Waals surface area contributed by atoms with Gasteiger partial charge in [-0.2, -0.15) is 0 Å². The summed E-state index contributed by atoms with van der Waals surface area (Å²) in [5.74, 6) is 0.458. The Morgan fingerprint density at radius 2 is 2.22 bits per heavy atom. The molecular formula is C13H11N3O2. The molecule has 90 valence electrons. The van der Waals surface area contributed by atoms with E-state index in [0.717, 1.165) is 5.39 Å². The Labute approximate surface area is 103 Å². The van der Waals surface area contributed by atoms with Gasteiger partial charge in [0.15, 0.2) is 5.76 Å². The number of carbonyl (C=O) groups excluding carboxylic acids is 1. The van der Waals surface area contributed by atoms with Crippen molar-refractivity contribution in [3.8, 4) is 0 Å². The number of hydrogen-bond acceptors (Lipinski definition) is 3. The number of nitrogens with one attached hydrogen (secondary N) is 1. The maximum Gasteiger partial charge on any atom is 0.293 e. The summed E-state index contributed by atoms with van der Waals surface area (Å²) in [4.78, 5) is 16.0. The Morgan fingerprint density at radius 3 is 2.94 bits per heavy atom. The van der Waals surface area contributed by atoms with Gasteiger partial charge in [-0.1, -0.05) is 18.2 Å². The number of fused-ring (bicyclic) bond motifs is 1. The van der Waals surface area contributed by atoms with Crippen molar-refractivity contribution < 1.29 is 9.21 Å². The predicted octanol–water partition coefficient (Wildman–Crippen LogP) is 2.42. The summed E-state index contributed by atoms with van der Waals surface area (Å²) in [6.07, 6.45) is 3.38. The van der Waals surface area contributed by atoms with Gasteiger partial charge in [0.05, 0.1) is 0 Å². The lowest BCUT2D eigenvalue weighted by atomic mass is 10.2. The van der Waals surface area contributed by atoms with Crippen LogP contribution in [0.2, 0.25) is 0 Å². The molecule has 0 saturated heterocycles. The zero-order chi connectivity index (χ0) is 12.5. The summed E-state index contributed by atoms with van der Waals surface area (Å²) in [7, 11) is 1.81. The van der Waals surface area contributed by atoms with Gasteiger partial charge >= 0.3 is 0 Å². The molecule has 0 spiro atoms. The first-order valence-corrected chi connectivity index (χ1v) is 5.51. The second-order valence-corrected chi connectivity index (χ2v) is 3.96. The van der Waals surface area contributed by atoms with Gasteiger partial charge in [0.25, 0.3) is 5.91 Å². The average Bonchev–Trinajstić information content (AvgIpc) is 2.96. The summed E-state index contributed by atoms with van der Waals surface area (Å²) in [5.41, 5.74) is 0.697. The minimum atomic E-state index is -0.305. The minimum absolute atomic E-state index is 0.277. The predicted molar refractivity (Wildman–Crippen MR) is 67.4 cm³/mol. The number of anilines is 1. The molecular weight excluding hydrogens is 230 g/mol. The highest BCUT2D eigenvalue weighted by atomic mass is 16.3. The first-order valence-electron chi connectivity index (χ1n) is 5.51. The smallest absolute Gasteiger partial charge is 0.293 e. The van der Waals surface area contributed by atoms with Gasteiger partial charge in [-0.25, -0.2) is 4.98 Å². The van der Waals surface area contributed by atoms with E-state index in [1.807, 2.05) is 24.3 Å². The maximum absolute atomic E-state index is 12.0. The second-order valence-electron chi connectivity index (χ2n) is 3.96. The van der Waals surface area contributed by atoms with Crippen LogP contribution in [-0.2, 0) is 7.05 Å². The molecule has 0 aliphatic rings. The number of para-hydroxylation sites is 1. The van der Waals surface area contributed by atoms with Gasteiger partial charge in [-0.05, 0) is 12.1 Å². The molecule has 18 heavy (non-hydrogen) atoms. The van der Waals surface area contributed by atoms with E-state index in [1.54, 1.807) is 30.1 Å². The third-order valence-electron chi connectivity index (χ3n) is 2.70. The molecule has 3 aromatic rings. The SMILES string of the molecule is Cn1ccnc1NC(=O)c1cc2ccccc2o1. The largest absolute Gasteiger partial charge is 0.451 e. The first-order chi connectivity index (χ1) is 8.74. The van der Waals surface area contributed by atoms with Crippen molar-refractivity contribution in [1.82, 2.24) is 9.55 Å². The van der Waals surface area contributed by atoms with E-state index < -0.39 is 0 Å². The van der Waals surface area contributed by atoms with Gasteiger partial charge in [0.2, 0.25) is 5.95 Å². The van der Waals surface area contributed by atoms with Crippen molar-refractivity contribution in [3.05, 3.63) is 48.5 Å². The Morgan fingerprint density at radius 1 is 1.39 bits per heavy atom. The van der Waals surface area contributed by atoms with E-state index in [2.05, 4.69) is 10.3 Å². The standard InChI is InChI=1S/C13H11N3O2/c1-16-7-6-14-13(16)15-12(17)11-8-9-4-2-3-5-10(9)18-11/h2-8H,1H3,(H,14,15,17). The van der Waals surface area contributed by atoms with Crippen LogP contribution in [0, 0.1) is 0 Å². The molecule has 1 aromatic carbocycles. The number of carbonyl (C=O) groups is 1. The van der Waals surface area contributed by atoms with Crippen molar-refractivity contribution in [2.75, 3.05) is 5.32 Å². The lowest BCUT2D eigenvalue weighted by Gasteiger charge is -2.01. The van der Waals surface area contributed by atoms with Gasteiger partial charge in [0.1, 0.15) is 5.58 Å². The zero-order valence-corrected chi connectivity index (χ0v) is 9.75. The molecule has 0 aliphatic carbocycles. The number of hydrogen-bond donors (Lipinski definition) is 1. The number of amides is 1. The van der Waals surface area contributed by atoms with Crippen molar-refractivity contribution >= 4 is 22.8 Å². The number of nitrogens with zero attached hydrogens (tertiary/aromatic N) is 2. The average molecular weight is 241 g/mol. The molecule has 3 rings (SSSR count). The summed E-state index contributed by atoms with van der Waals surface area (Å²) in [6.45, 7) is 0. The number of aryl methyl sites for hydroxylation is 1. The molecule has 0 radical (unpaired) electrons. The number of furan rings is 1. The summed E-state index contributed by atoms with van der Waals surface area (Å²) < 4.78 is 7.19. The van der Waals surface area contributed by atoms with E-state index in [0.29, 0.717) is 11.5 Å². The van der Waals surface area contributed by atoms with Crippen molar-refractivity contribution in [2.45, 2.75) is 0 Å². The van der Waals surface area contributed by atoms with Crippen LogP contribution in [0.5, 0.6) is 0 Å². The number of aromatic nitrogens is 2. The maximum atomic E-state index is 12.0. The van der Waals surface area contributed by atoms with Crippen molar-refractivity contribution in [1.29, 1.82) is 0 Å². The molecule has 1 N–H and O–H groups in total. The Hall–Kier alpha value is -2.56. The van der Waals surface area contributed by atoms with Crippen LogP contribution in [0.25, 0.3) is 11.0 Å². The fourth-order valence-corrected chi connectivity index (χ4v) is 1.74. The van der Waals surface area contributed by atoms with E-state index >= 15 is 0 Å². The fraction of sp³-hybridized carbons (Fsp3) is 0.0769. The van der Waals surface area contributed by atoms with E-state index in [9.17, 15) is 4.79 Å². The summed E-state index contributed by atoms with van der Waals surface area (Å²) >= 11 is 0. The molecule has 0 saturated carbocycles. The van der Waals surface area contributed by atoms with E-state index in [1.165, 1.54) is 0 Å². The monoisotopic (exact) mass is 241 g/mol. The number of rotatable bonds is 2. The van der Waals surface area contributed by atoms with Crippen molar-refractivity contribution in [3.63, 3.8) is 0 Å². The third-order valence-corrected chi connectivity index (χ3v) is 2.70. The van der Waals surface area contributed by atoms with Crippen LogP contribution in [0.15, 0.2) is 47.1 Å². The van der Waals surface area contributed by atoms with Gasteiger partial charge < -0.3 is 8.98 Å². The van der Waals surface area contributed by atoms with Gasteiger partial charge in [-0.15, -0.1) is 0 Å². The molecule has 0 aliphatic heterocycles. The molecule has 2 heterocycles. The Kier molecular flexibility index (Phi) is 2.37. The lowest BCUT2D eigenvalue weighted by molar-refractivity contribution is 0.0997. The van der Waals surface area contributed by atoms with Gasteiger partial charge in [0, 0.05) is 24.8 Å². The lowest BCUT2D eigenvalue weighted by Crippen LogP contribution is -2.14. The Balaban J connectivity index is 1.90. The molecule has 0 fully saturated rings. The topological polar surface area (TPSA) is 60.1 Å². The molecule has 5 nitrogen and oxygen atoms in total. The fourth-order valence-electron chi connectivity index (χ4n) is 1.74. The molecule has 0 atom stereocenters. The number of benzene rings is 1. The van der Waals surface area contributed by atoms with E-state index in [4.69, 9.17) is 4.42 Å². The molecule has 0 unspecified atom stereocenters. The van der Waals surface area contributed by atoms with E-state index in [-0.39, 0.29) is 11.7 Å². The van der Waals surface area contributed by atoms with Gasteiger partial charge in [-0.3, -0.25) is 10.1 Å². The molecule has 0 bridgehead atoms. The highest BCUT2D eigenvalue weighted by Gasteiger charge is 2.13. The summed E-state index contributed by atoms with van der Waals surface area (Å²) in [5, 5.41) is 3.59. The number of imidazole rings is 1. The zero-order valence-electron chi connectivity index (χ0n) is 9.75. The highest BCUT2D eigenvalue weighted by Crippen LogP contribution is 2.19. The normalized spacial score (nSPS) is 10.7. The molecule has 2 aromatic heterocycles. The third kappa shape index (κ3) is 1.75. The minimum Gasteiger partial charge on any atom is -0.451 e. The molecule has 1 amide bonds. The van der Waals surface area contributed by atoms with Crippen LogP contribution >= 0.6 is 0 Å².